The number of carbonyl (C=O) groups is 1. The lowest BCUT2D eigenvalue weighted by atomic mass is 9.63. The molecule has 1 saturated carbocycles. The fourth-order valence-corrected chi connectivity index (χ4v) is 2.96. The number of hydrogen-bond donors (Lipinski definition) is 0. The van der Waals surface area contributed by atoms with Crippen molar-refractivity contribution in [3.8, 4) is 0 Å². The molecule has 2 atom stereocenters. The Hall–Kier alpha value is -1.11. The molecule has 0 heterocycles. The van der Waals surface area contributed by atoms with Crippen molar-refractivity contribution >= 4 is 5.78 Å². The topological polar surface area (TPSA) is 17.1 Å². The third-order valence-electron chi connectivity index (χ3n) is 3.91. The van der Waals surface area contributed by atoms with Crippen LogP contribution in [0.3, 0.4) is 0 Å². The molecule has 0 bridgehead atoms. The Bertz CT molecular complexity index is 349. The van der Waals surface area contributed by atoms with E-state index in [1.807, 2.05) is 45.1 Å². The fourth-order valence-electron chi connectivity index (χ4n) is 2.96. The van der Waals surface area contributed by atoms with Gasteiger partial charge in [-0.05, 0) is 38.2 Å². The Balaban J connectivity index is 0.00000154. The first-order chi connectivity index (χ1) is 9.06. The van der Waals surface area contributed by atoms with E-state index in [4.69, 9.17) is 0 Å². The van der Waals surface area contributed by atoms with Crippen LogP contribution in [0.25, 0.3) is 0 Å². The molecule has 0 radical (unpaired) electrons. The van der Waals surface area contributed by atoms with Crippen molar-refractivity contribution in [3.05, 3.63) is 36.5 Å². The van der Waals surface area contributed by atoms with Gasteiger partial charge in [-0.15, -0.1) is 0 Å². The molecule has 1 rings (SSSR count). The number of ketones is 1. The maximum absolute atomic E-state index is 12.1. The van der Waals surface area contributed by atoms with Gasteiger partial charge in [0.05, 0.1) is 5.41 Å². The molecule has 1 fully saturated rings. The van der Waals surface area contributed by atoms with Gasteiger partial charge in [-0.3, -0.25) is 4.79 Å². The Morgan fingerprint density at radius 1 is 1.37 bits per heavy atom. The summed E-state index contributed by atoms with van der Waals surface area (Å²) >= 11 is 0. The van der Waals surface area contributed by atoms with Gasteiger partial charge < -0.3 is 0 Å². The zero-order valence-corrected chi connectivity index (χ0v) is 13.3. The van der Waals surface area contributed by atoms with Crippen molar-refractivity contribution in [2.45, 2.75) is 60.3 Å². The van der Waals surface area contributed by atoms with Crippen molar-refractivity contribution in [3.63, 3.8) is 0 Å². The Morgan fingerprint density at radius 3 is 2.42 bits per heavy atom. The number of rotatable bonds is 4. The molecular weight excluding hydrogens is 232 g/mol. The van der Waals surface area contributed by atoms with Crippen molar-refractivity contribution in [2.24, 2.45) is 11.3 Å². The summed E-state index contributed by atoms with van der Waals surface area (Å²) in [5.41, 5.74) is 0.813. The first-order valence-electron chi connectivity index (χ1n) is 7.53. The van der Waals surface area contributed by atoms with Crippen LogP contribution in [0.2, 0.25) is 0 Å². The second kappa shape index (κ2) is 8.90. The summed E-state index contributed by atoms with van der Waals surface area (Å²) in [6.07, 6.45) is 12.2. The van der Waals surface area contributed by atoms with Crippen LogP contribution in [0.15, 0.2) is 36.5 Å². The summed E-state index contributed by atoms with van der Waals surface area (Å²) in [7, 11) is 0. The van der Waals surface area contributed by atoms with Gasteiger partial charge in [0.2, 0.25) is 0 Å². The largest absolute Gasteiger partial charge is 0.299 e. The molecule has 1 nitrogen and oxygen atoms in total. The minimum atomic E-state index is -0.279. The summed E-state index contributed by atoms with van der Waals surface area (Å²) < 4.78 is 0. The predicted octanol–water partition coefficient (Wildman–Crippen LogP) is 5.49. The molecular formula is C18H30O. The Labute approximate surface area is 119 Å². The molecule has 2 unspecified atom stereocenters. The molecule has 1 heteroatoms. The van der Waals surface area contributed by atoms with Gasteiger partial charge in [0.25, 0.3) is 0 Å². The van der Waals surface area contributed by atoms with Gasteiger partial charge in [-0.25, -0.2) is 0 Å². The summed E-state index contributed by atoms with van der Waals surface area (Å²) in [6.45, 7) is 13.8. The monoisotopic (exact) mass is 262 g/mol. The van der Waals surface area contributed by atoms with Crippen LogP contribution < -0.4 is 0 Å². The van der Waals surface area contributed by atoms with E-state index in [1.165, 1.54) is 6.42 Å². The lowest BCUT2D eigenvalue weighted by molar-refractivity contribution is -0.126. The average Bonchev–Trinajstić information content (AvgIpc) is 2.41. The Kier molecular flexibility index (Phi) is 8.38. The van der Waals surface area contributed by atoms with Crippen LogP contribution in [-0.2, 0) is 4.79 Å². The van der Waals surface area contributed by atoms with E-state index in [2.05, 4.69) is 13.5 Å². The van der Waals surface area contributed by atoms with Gasteiger partial charge in [-0.1, -0.05) is 64.5 Å². The van der Waals surface area contributed by atoms with Crippen molar-refractivity contribution in [1.29, 1.82) is 0 Å². The normalized spacial score (nSPS) is 27.6. The van der Waals surface area contributed by atoms with Crippen molar-refractivity contribution in [2.75, 3.05) is 0 Å². The zero-order chi connectivity index (χ0) is 14.9. The zero-order valence-electron chi connectivity index (χ0n) is 13.3. The maximum Gasteiger partial charge on any atom is 0.140 e. The molecule has 108 valence electrons. The lowest BCUT2D eigenvalue weighted by Gasteiger charge is -2.39. The van der Waals surface area contributed by atoms with Crippen LogP contribution in [0.4, 0.5) is 0 Å². The minimum Gasteiger partial charge on any atom is -0.299 e. The van der Waals surface area contributed by atoms with E-state index in [9.17, 15) is 4.79 Å². The first kappa shape index (κ1) is 17.9. The molecule has 0 amide bonds. The average molecular weight is 262 g/mol. The highest BCUT2D eigenvalue weighted by Crippen LogP contribution is 2.45. The van der Waals surface area contributed by atoms with Crippen LogP contribution in [0, 0.1) is 11.3 Å². The van der Waals surface area contributed by atoms with Crippen LogP contribution in [-0.4, -0.2) is 5.78 Å². The molecule has 0 aromatic rings. The number of allylic oxidation sites excluding steroid dienone is 5. The van der Waals surface area contributed by atoms with Gasteiger partial charge in [-0.2, -0.15) is 0 Å². The molecule has 0 aliphatic heterocycles. The van der Waals surface area contributed by atoms with Crippen LogP contribution >= 0.6 is 0 Å². The van der Waals surface area contributed by atoms with E-state index < -0.39 is 0 Å². The smallest absolute Gasteiger partial charge is 0.140 e. The molecule has 1 aliphatic rings. The predicted molar refractivity (Wildman–Crippen MR) is 85.2 cm³/mol. The van der Waals surface area contributed by atoms with E-state index in [0.717, 1.165) is 24.8 Å². The molecule has 0 spiro atoms. The summed E-state index contributed by atoms with van der Waals surface area (Å²) in [5, 5.41) is 0. The molecule has 19 heavy (non-hydrogen) atoms. The second-order valence-electron chi connectivity index (χ2n) is 5.19. The molecule has 1 aliphatic carbocycles. The summed E-state index contributed by atoms with van der Waals surface area (Å²) in [5.74, 6) is 0.918. The highest BCUT2D eigenvalue weighted by molar-refractivity contribution is 5.86. The quantitative estimate of drug-likeness (QED) is 0.612. The van der Waals surface area contributed by atoms with Crippen molar-refractivity contribution in [1.82, 2.24) is 0 Å². The van der Waals surface area contributed by atoms with E-state index in [-0.39, 0.29) is 5.41 Å². The minimum absolute atomic E-state index is 0.279. The molecule has 0 aromatic heterocycles. The SMILES string of the molecule is C=C/C(=C\C=C/C)C1(C(C)=O)CCCC(C)C1.CC. The summed E-state index contributed by atoms with van der Waals surface area (Å²) in [4.78, 5) is 12.1. The molecule has 0 aromatic carbocycles. The van der Waals surface area contributed by atoms with Gasteiger partial charge in [0, 0.05) is 0 Å². The standard InChI is InChI=1S/C16H24O.C2H6/c1-5-7-10-15(6-2)16(14(4)17)11-8-9-13(3)12-16;1-2/h5-7,10,13H,2,8-9,11-12H2,1,3-4H3;1-2H3/b7-5-,15-10+;. The van der Waals surface area contributed by atoms with E-state index in [1.54, 1.807) is 6.92 Å². The van der Waals surface area contributed by atoms with E-state index in [0.29, 0.717) is 11.7 Å². The highest BCUT2D eigenvalue weighted by Gasteiger charge is 2.40. The number of hydrogen-bond acceptors (Lipinski definition) is 1. The van der Waals surface area contributed by atoms with E-state index >= 15 is 0 Å². The third-order valence-corrected chi connectivity index (χ3v) is 3.91. The van der Waals surface area contributed by atoms with Gasteiger partial charge in [0.15, 0.2) is 0 Å². The van der Waals surface area contributed by atoms with Crippen LogP contribution in [0.1, 0.15) is 60.3 Å². The first-order valence-corrected chi connectivity index (χ1v) is 7.53. The number of Topliss-reactive ketones (excluding diaryl/α,β-unsaturated/α-hetero) is 1. The second-order valence-corrected chi connectivity index (χ2v) is 5.19. The van der Waals surface area contributed by atoms with Crippen LogP contribution in [0.5, 0.6) is 0 Å². The highest BCUT2D eigenvalue weighted by atomic mass is 16.1. The maximum atomic E-state index is 12.1. The summed E-state index contributed by atoms with van der Waals surface area (Å²) in [6, 6.07) is 0. The Morgan fingerprint density at radius 2 is 2.00 bits per heavy atom. The molecule has 0 N–H and O–H groups in total. The third kappa shape index (κ3) is 4.49. The lowest BCUT2D eigenvalue weighted by Crippen LogP contribution is -2.36. The number of carbonyl (C=O) groups excluding carboxylic acids is 1. The van der Waals surface area contributed by atoms with Crippen molar-refractivity contribution < 1.29 is 4.79 Å². The molecule has 0 saturated heterocycles. The van der Waals surface area contributed by atoms with Gasteiger partial charge in [0.1, 0.15) is 5.78 Å². The van der Waals surface area contributed by atoms with Gasteiger partial charge >= 0.3 is 0 Å². The fraction of sp³-hybridized carbons (Fsp3) is 0.611.